The SMILES string of the molecule is O=C1c2ccccc2CN1CCCCOc1ccc(Cl)cc1. The summed E-state index contributed by atoms with van der Waals surface area (Å²) in [6.07, 6.45) is 1.86. The standard InChI is InChI=1S/C18H18ClNO2/c19-15-7-9-16(10-8-15)22-12-4-3-11-20-13-14-5-1-2-6-17(14)18(20)21/h1-2,5-10H,3-4,11-13H2. The number of ether oxygens (including phenoxy) is 1. The molecule has 3 rings (SSSR count). The molecule has 2 aromatic carbocycles. The number of fused-ring (bicyclic) bond motifs is 1. The van der Waals surface area contributed by atoms with E-state index < -0.39 is 0 Å². The molecule has 2 aromatic rings. The van der Waals surface area contributed by atoms with E-state index in [-0.39, 0.29) is 5.91 Å². The molecule has 3 nitrogen and oxygen atoms in total. The smallest absolute Gasteiger partial charge is 0.254 e. The molecule has 1 amide bonds. The molecular formula is C18H18ClNO2. The third kappa shape index (κ3) is 3.42. The topological polar surface area (TPSA) is 29.5 Å². The van der Waals surface area contributed by atoms with E-state index in [1.165, 1.54) is 0 Å². The Balaban J connectivity index is 1.39. The fourth-order valence-corrected chi connectivity index (χ4v) is 2.75. The van der Waals surface area contributed by atoms with E-state index in [1.54, 1.807) is 0 Å². The first kappa shape index (κ1) is 14.9. The Bertz CT molecular complexity index is 654. The summed E-state index contributed by atoms with van der Waals surface area (Å²) in [4.78, 5) is 14.1. The first-order chi connectivity index (χ1) is 10.7. The van der Waals surface area contributed by atoms with Crippen molar-refractivity contribution in [3.05, 3.63) is 64.7 Å². The first-order valence-electron chi connectivity index (χ1n) is 7.49. The molecule has 0 fully saturated rings. The van der Waals surface area contributed by atoms with Crippen LogP contribution in [0.15, 0.2) is 48.5 Å². The molecule has 4 heteroatoms. The van der Waals surface area contributed by atoms with Crippen molar-refractivity contribution in [2.24, 2.45) is 0 Å². The van der Waals surface area contributed by atoms with Gasteiger partial charge < -0.3 is 9.64 Å². The highest BCUT2D eigenvalue weighted by atomic mass is 35.5. The van der Waals surface area contributed by atoms with Gasteiger partial charge in [0.05, 0.1) is 6.61 Å². The van der Waals surface area contributed by atoms with E-state index in [4.69, 9.17) is 16.3 Å². The van der Waals surface area contributed by atoms with Gasteiger partial charge in [-0.05, 0) is 48.7 Å². The van der Waals surface area contributed by atoms with Crippen LogP contribution in [0.5, 0.6) is 5.75 Å². The molecule has 0 bridgehead atoms. The lowest BCUT2D eigenvalue weighted by atomic mass is 10.1. The number of rotatable bonds is 6. The summed E-state index contributed by atoms with van der Waals surface area (Å²) >= 11 is 5.83. The molecule has 22 heavy (non-hydrogen) atoms. The van der Waals surface area contributed by atoms with Crippen LogP contribution in [0.3, 0.4) is 0 Å². The molecule has 0 N–H and O–H groups in total. The van der Waals surface area contributed by atoms with Gasteiger partial charge in [-0.3, -0.25) is 4.79 Å². The maximum atomic E-state index is 12.2. The predicted octanol–water partition coefficient (Wildman–Crippen LogP) is 4.16. The number of amides is 1. The lowest BCUT2D eigenvalue weighted by Crippen LogP contribution is -2.25. The fraction of sp³-hybridized carbons (Fsp3) is 0.278. The van der Waals surface area contributed by atoms with Gasteiger partial charge in [0.2, 0.25) is 0 Å². The number of carbonyl (C=O) groups is 1. The van der Waals surface area contributed by atoms with Gasteiger partial charge in [-0.15, -0.1) is 0 Å². The summed E-state index contributed by atoms with van der Waals surface area (Å²) in [6, 6.07) is 15.2. The minimum atomic E-state index is 0.147. The van der Waals surface area contributed by atoms with Gasteiger partial charge in [-0.25, -0.2) is 0 Å². The highest BCUT2D eigenvalue weighted by molar-refractivity contribution is 6.30. The molecule has 1 aliphatic heterocycles. The van der Waals surface area contributed by atoms with Gasteiger partial charge in [0, 0.05) is 23.7 Å². The van der Waals surface area contributed by atoms with Crippen molar-refractivity contribution in [3.63, 3.8) is 0 Å². The number of halogens is 1. The van der Waals surface area contributed by atoms with Crippen molar-refractivity contribution in [3.8, 4) is 5.75 Å². The first-order valence-corrected chi connectivity index (χ1v) is 7.87. The second-order valence-corrected chi connectivity index (χ2v) is 5.83. The van der Waals surface area contributed by atoms with E-state index in [0.29, 0.717) is 11.6 Å². The van der Waals surface area contributed by atoms with Gasteiger partial charge >= 0.3 is 0 Å². The second kappa shape index (κ2) is 6.84. The molecule has 0 radical (unpaired) electrons. The number of nitrogens with zero attached hydrogens (tertiary/aromatic N) is 1. The molecule has 0 unspecified atom stereocenters. The highest BCUT2D eigenvalue weighted by Crippen LogP contribution is 2.22. The summed E-state index contributed by atoms with van der Waals surface area (Å²) in [5.74, 6) is 0.975. The van der Waals surface area contributed by atoms with Crippen molar-refractivity contribution in [1.82, 2.24) is 4.90 Å². The van der Waals surface area contributed by atoms with E-state index in [1.807, 2.05) is 53.4 Å². The average molecular weight is 316 g/mol. The third-order valence-electron chi connectivity index (χ3n) is 3.80. The van der Waals surface area contributed by atoms with E-state index in [0.717, 1.165) is 42.8 Å². The average Bonchev–Trinajstić information content (AvgIpc) is 2.86. The third-order valence-corrected chi connectivity index (χ3v) is 4.05. The Hall–Kier alpha value is -2.00. The van der Waals surface area contributed by atoms with Crippen molar-refractivity contribution >= 4 is 17.5 Å². The number of hydrogen-bond donors (Lipinski definition) is 0. The van der Waals surface area contributed by atoms with Crippen LogP contribution in [0.25, 0.3) is 0 Å². The summed E-state index contributed by atoms with van der Waals surface area (Å²) in [5, 5.41) is 0.708. The molecule has 0 spiro atoms. The van der Waals surface area contributed by atoms with Gasteiger partial charge in [0.25, 0.3) is 5.91 Å². The van der Waals surface area contributed by atoms with Crippen LogP contribution < -0.4 is 4.74 Å². The minimum Gasteiger partial charge on any atom is -0.494 e. The second-order valence-electron chi connectivity index (χ2n) is 5.39. The minimum absolute atomic E-state index is 0.147. The number of carbonyl (C=O) groups excluding carboxylic acids is 1. The van der Waals surface area contributed by atoms with E-state index in [2.05, 4.69) is 0 Å². The Morgan fingerprint density at radius 2 is 1.82 bits per heavy atom. The van der Waals surface area contributed by atoms with Crippen LogP contribution >= 0.6 is 11.6 Å². The maximum absolute atomic E-state index is 12.2. The molecule has 0 aliphatic carbocycles. The van der Waals surface area contributed by atoms with Gasteiger partial charge in [-0.1, -0.05) is 29.8 Å². The van der Waals surface area contributed by atoms with Gasteiger partial charge in [-0.2, -0.15) is 0 Å². The quantitative estimate of drug-likeness (QED) is 0.749. The lowest BCUT2D eigenvalue weighted by molar-refractivity contribution is 0.0773. The van der Waals surface area contributed by atoms with Crippen molar-refractivity contribution in [2.75, 3.05) is 13.2 Å². The molecule has 0 aromatic heterocycles. The van der Waals surface area contributed by atoms with Crippen molar-refractivity contribution in [2.45, 2.75) is 19.4 Å². The predicted molar refractivity (Wildman–Crippen MR) is 87.4 cm³/mol. The summed E-state index contributed by atoms with van der Waals surface area (Å²) in [5.41, 5.74) is 1.98. The zero-order valence-corrected chi connectivity index (χ0v) is 13.1. The highest BCUT2D eigenvalue weighted by Gasteiger charge is 2.25. The van der Waals surface area contributed by atoms with Crippen molar-refractivity contribution < 1.29 is 9.53 Å². The molecule has 0 atom stereocenters. The van der Waals surface area contributed by atoms with Crippen LogP contribution in [0.2, 0.25) is 5.02 Å². The zero-order valence-electron chi connectivity index (χ0n) is 12.3. The Morgan fingerprint density at radius 3 is 2.59 bits per heavy atom. The largest absolute Gasteiger partial charge is 0.494 e. The molecule has 114 valence electrons. The number of unbranched alkanes of at least 4 members (excludes halogenated alkanes) is 1. The summed E-state index contributed by atoms with van der Waals surface area (Å²) in [7, 11) is 0. The summed E-state index contributed by atoms with van der Waals surface area (Å²) < 4.78 is 5.65. The van der Waals surface area contributed by atoms with E-state index in [9.17, 15) is 4.79 Å². The maximum Gasteiger partial charge on any atom is 0.254 e. The van der Waals surface area contributed by atoms with Crippen molar-refractivity contribution in [1.29, 1.82) is 0 Å². The van der Waals surface area contributed by atoms with Crippen LogP contribution in [-0.4, -0.2) is 24.0 Å². The van der Waals surface area contributed by atoms with Crippen LogP contribution in [0, 0.1) is 0 Å². The molecule has 0 saturated carbocycles. The number of hydrogen-bond acceptors (Lipinski definition) is 2. The van der Waals surface area contributed by atoms with Crippen LogP contribution in [0.4, 0.5) is 0 Å². The molecule has 1 heterocycles. The van der Waals surface area contributed by atoms with Gasteiger partial charge in [0.15, 0.2) is 0 Å². The summed E-state index contributed by atoms with van der Waals surface area (Å²) in [6.45, 7) is 2.15. The number of benzene rings is 2. The fourth-order valence-electron chi connectivity index (χ4n) is 2.62. The zero-order chi connectivity index (χ0) is 15.4. The normalized spacial score (nSPS) is 13.3. The molecule has 0 saturated heterocycles. The Labute approximate surface area is 135 Å². The van der Waals surface area contributed by atoms with Gasteiger partial charge in [0.1, 0.15) is 5.75 Å². The van der Waals surface area contributed by atoms with Crippen LogP contribution in [0.1, 0.15) is 28.8 Å². The van der Waals surface area contributed by atoms with E-state index >= 15 is 0 Å². The Kier molecular flexibility index (Phi) is 4.64. The Morgan fingerprint density at radius 1 is 1.05 bits per heavy atom. The monoisotopic (exact) mass is 315 g/mol. The lowest BCUT2D eigenvalue weighted by Gasteiger charge is -2.15. The van der Waals surface area contributed by atoms with Crippen LogP contribution in [-0.2, 0) is 6.54 Å². The molecular weight excluding hydrogens is 298 g/mol. The molecule has 1 aliphatic rings.